The van der Waals surface area contributed by atoms with Gasteiger partial charge in [-0.25, -0.2) is 14.6 Å². The SMILES string of the molecule is N#CCC(n1ncc(-c2ncnc3[nH]ccc23)c1O)C1(O)CCCC1. The van der Waals surface area contributed by atoms with Crippen molar-refractivity contribution in [2.45, 2.75) is 43.7 Å². The molecule has 0 aromatic carbocycles. The molecule has 1 unspecified atom stereocenters. The average Bonchev–Trinajstić information content (AvgIpc) is 3.33. The first kappa shape index (κ1) is 15.6. The Morgan fingerprint density at radius 3 is 2.92 bits per heavy atom. The Kier molecular flexibility index (Phi) is 3.66. The van der Waals surface area contributed by atoms with Crippen molar-refractivity contribution in [2.75, 3.05) is 0 Å². The summed E-state index contributed by atoms with van der Waals surface area (Å²) < 4.78 is 1.37. The zero-order valence-corrected chi connectivity index (χ0v) is 13.6. The van der Waals surface area contributed by atoms with Crippen molar-refractivity contribution in [2.24, 2.45) is 0 Å². The maximum atomic E-state index is 10.9. The van der Waals surface area contributed by atoms with E-state index in [2.05, 4.69) is 26.1 Å². The predicted molar refractivity (Wildman–Crippen MR) is 89.5 cm³/mol. The Morgan fingerprint density at radius 1 is 1.36 bits per heavy atom. The summed E-state index contributed by atoms with van der Waals surface area (Å²) in [6.45, 7) is 0. The number of aliphatic hydroxyl groups is 1. The minimum Gasteiger partial charge on any atom is -0.493 e. The monoisotopic (exact) mass is 338 g/mol. The zero-order valence-electron chi connectivity index (χ0n) is 13.6. The molecule has 3 N–H and O–H groups in total. The molecule has 1 aliphatic carbocycles. The second-order valence-corrected chi connectivity index (χ2v) is 6.48. The fraction of sp³-hybridized carbons (Fsp3) is 0.412. The van der Waals surface area contributed by atoms with Crippen molar-refractivity contribution in [1.82, 2.24) is 24.7 Å². The number of hydrogen-bond acceptors (Lipinski definition) is 6. The van der Waals surface area contributed by atoms with Gasteiger partial charge in [-0.15, -0.1) is 0 Å². The Hall–Kier alpha value is -2.92. The van der Waals surface area contributed by atoms with Crippen molar-refractivity contribution < 1.29 is 10.2 Å². The third kappa shape index (κ3) is 2.44. The molecule has 1 fully saturated rings. The quantitative estimate of drug-likeness (QED) is 0.670. The van der Waals surface area contributed by atoms with Gasteiger partial charge in [0.25, 0.3) is 0 Å². The molecule has 0 aliphatic heterocycles. The molecule has 4 rings (SSSR count). The van der Waals surface area contributed by atoms with Gasteiger partial charge in [-0.1, -0.05) is 12.8 Å². The number of aromatic hydroxyl groups is 1. The molecule has 1 aliphatic rings. The number of nitrogens with one attached hydrogen (secondary N) is 1. The number of rotatable bonds is 4. The zero-order chi connectivity index (χ0) is 17.4. The van der Waals surface area contributed by atoms with Crippen LogP contribution in [0.25, 0.3) is 22.3 Å². The molecule has 8 nitrogen and oxygen atoms in total. The van der Waals surface area contributed by atoms with Crippen molar-refractivity contribution in [3.05, 3.63) is 24.8 Å². The van der Waals surface area contributed by atoms with Crippen LogP contribution in [0.5, 0.6) is 5.88 Å². The summed E-state index contributed by atoms with van der Waals surface area (Å²) in [6.07, 6.45) is 7.78. The number of aromatic nitrogens is 5. The van der Waals surface area contributed by atoms with Gasteiger partial charge in [-0.2, -0.15) is 10.4 Å². The summed E-state index contributed by atoms with van der Waals surface area (Å²) in [5.74, 6) is -0.0956. The van der Waals surface area contributed by atoms with E-state index in [0.29, 0.717) is 29.7 Å². The topological polar surface area (TPSA) is 124 Å². The van der Waals surface area contributed by atoms with E-state index in [1.807, 2.05) is 6.07 Å². The standard InChI is InChI=1S/C17H18N6O2/c18-7-3-13(17(25)5-1-2-6-17)23-16(24)12(9-22-23)14-11-4-8-19-15(11)21-10-20-14/h4,8-10,13,24-25H,1-3,5-6H2,(H,19,20,21). The van der Waals surface area contributed by atoms with Crippen LogP contribution >= 0.6 is 0 Å². The van der Waals surface area contributed by atoms with Crippen molar-refractivity contribution in [3.63, 3.8) is 0 Å². The first-order valence-electron chi connectivity index (χ1n) is 8.28. The average molecular weight is 338 g/mol. The van der Waals surface area contributed by atoms with E-state index in [9.17, 15) is 15.5 Å². The number of hydrogen-bond donors (Lipinski definition) is 3. The van der Waals surface area contributed by atoms with E-state index in [4.69, 9.17) is 0 Å². The normalized spacial score (nSPS) is 17.6. The first-order valence-corrected chi connectivity index (χ1v) is 8.28. The molecule has 0 saturated heterocycles. The summed E-state index contributed by atoms with van der Waals surface area (Å²) in [5.41, 5.74) is 0.659. The second-order valence-electron chi connectivity index (χ2n) is 6.48. The molecule has 8 heteroatoms. The van der Waals surface area contributed by atoms with E-state index in [1.165, 1.54) is 17.2 Å². The Morgan fingerprint density at radius 2 is 2.16 bits per heavy atom. The number of H-pyrrole nitrogens is 1. The lowest BCUT2D eigenvalue weighted by molar-refractivity contribution is -0.0115. The van der Waals surface area contributed by atoms with Gasteiger partial charge in [-0.05, 0) is 18.9 Å². The third-order valence-electron chi connectivity index (χ3n) is 5.05. The van der Waals surface area contributed by atoms with Crippen LogP contribution in [0.15, 0.2) is 24.8 Å². The maximum Gasteiger partial charge on any atom is 0.219 e. The number of fused-ring (bicyclic) bond motifs is 1. The molecule has 1 atom stereocenters. The van der Waals surface area contributed by atoms with Gasteiger partial charge in [-0.3, -0.25) is 0 Å². The van der Waals surface area contributed by atoms with Gasteiger partial charge >= 0.3 is 0 Å². The molecule has 3 aromatic heterocycles. The van der Waals surface area contributed by atoms with E-state index in [1.54, 1.807) is 6.20 Å². The van der Waals surface area contributed by atoms with Crippen LogP contribution in [0.2, 0.25) is 0 Å². The van der Waals surface area contributed by atoms with Gasteiger partial charge in [0.2, 0.25) is 5.88 Å². The molecule has 25 heavy (non-hydrogen) atoms. The molecule has 128 valence electrons. The van der Waals surface area contributed by atoms with Crippen LogP contribution in [-0.4, -0.2) is 40.5 Å². The molecule has 0 amide bonds. The molecule has 3 heterocycles. The van der Waals surface area contributed by atoms with Gasteiger partial charge in [0.15, 0.2) is 0 Å². The number of nitrogens with zero attached hydrogens (tertiary/aromatic N) is 5. The van der Waals surface area contributed by atoms with Crippen molar-refractivity contribution >= 4 is 11.0 Å². The highest BCUT2D eigenvalue weighted by Gasteiger charge is 2.42. The second kappa shape index (κ2) is 5.86. The largest absolute Gasteiger partial charge is 0.493 e. The molecule has 1 saturated carbocycles. The van der Waals surface area contributed by atoms with Crippen LogP contribution in [0.3, 0.4) is 0 Å². The number of aromatic amines is 1. The van der Waals surface area contributed by atoms with E-state index in [-0.39, 0.29) is 12.3 Å². The molecule has 0 bridgehead atoms. The predicted octanol–water partition coefficient (Wildman–Crippen LogP) is 2.29. The van der Waals surface area contributed by atoms with Crippen LogP contribution in [0.1, 0.15) is 38.1 Å². The molecular weight excluding hydrogens is 320 g/mol. The molecular formula is C17H18N6O2. The van der Waals surface area contributed by atoms with Crippen LogP contribution in [0, 0.1) is 11.3 Å². The van der Waals surface area contributed by atoms with Gasteiger partial charge in [0.05, 0.1) is 41.6 Å². The smallest absolute Gasteiger partial charge is 0.219 e. The van der Waals surface area contributed by atoms with Crippen LogP contribution in [0.4, 0.5) is 0 Å². The molecule has 0 radical (unpaired) electrons. The van der Waals surface area contributed by atoms with E-state index < -0.39 is 11.6 Å². The minimum atomic E-state index is -1.02. The van der Waals surface area contributed by atoms with Gasteiger partial charge < -0.3 is 15.2 Å². The summed E-state index contributed by atoms with van der Waals surface area (Å²) in [5, 5.41) is 35.9. The van der Waals surface area contributed by atoms with Crippen LogP contribution < -0.4 is 0 Å². The summed E-state index contributed by atoms with van der Waals surface area (Å²) in [7, 11) is 0. The highest BCUT2D eigenvalue weighted by molar-refractivity contribution is 5.91. The fourth-order valence-corrected chi connectivity index (χ4v) is 3.75. The summed E-state index contributed by atoms with van der Waals surface area (Å²) >= 11 is 0. The lowest BCUT2D eigenvalue weighted by Gasteiger charge is -2.31. The molecule has 0 spiro atoms. The summed E-state index contributed by atoms with van der Waals surface area (Å²) in [4.78, 5) is 11.4. The minimum absolute atomic E-state index is 0.0779. The Labute approximate surface area is 143 Å². The van der Waals surface area contributed by atoms with Gasteiger partial charge in [0, 0.05) is 11.6 Å². The Balaban J connectivity index is 1.80. The first-order chi connectivity index (χ1) is 12.1. The highest BCUT2D eigenvalue weighted by Crippen LogP contribution is 2.43. The van der Waals surface area contributed by atoms with E-state index >= 15 is 0 Å². The summed E-state index contributed by atoms with van der Waals surface area (Å²) in [6, 6.07) is 3.35. The third-order valence-corrected chi connectivity index (χ3v) is 5.05. The maximum absolute atomic E-state index is 10.9. The lowest BCUT2D eigenvalue weighted by Crippen LogP contribution is -2.37. The molecule has 3 aromatic rings. The Bertz CT molecular complexity index is 948. The highest BCUT2D eigenvalue weighted by atomic mass is 16.3. The van der Waals surface area contributed by atoms with E-state index in [0.717, 1.165) is 18.2 Å². The van der Waals surface area contributed by atoms with Crippen molar-refractivity contribution in [1.29, 1.82) is 5.26 Å². The van der Waals surface area contributed by atoms with Crippen molar-refractivity contribution in [3.8, 4) is 23.2 Å². The lowest BCUT2D eigenvalue weighted by atomic mass is 9.90. The fourth-order valence-electron chi connectivity index (χ4n) is 3.75. The van der Waals surface area contributed by atoms with Gasteiger partial charge in [0.1, 0.15) is 12.0 Å². The van der Waals surface area contributed by atoms with Crippen LogP contribution in [-0.2, 0) is 0 Å². The number of nitriles is 1.